The van der Waals surface area contributed by atoms with E-state index in [1.807, 2.05) is 6.92 Å². The molecule has 0 saturated carbocycles. The Kier molecular flexibility index (Phi) is 3.35. The van der Waals surface area contributed by atoms with Crippen LogP contribution in [0.3, 0.4) is 0 Å². The minimum absolute atomic E-state index is 0.103. The van der Waals surface area contributed by atoms with E-state index >= 15 is 0 Å². The molecule has 1 N–H and O–H groups in total. The number of hydrogen-bond acceptors (Lipinski definition) is 2. The maximum atomic E-state index is 11.2. The molecule has 0 spiro atoms. The van der Waals surface area contributed by atoms with E-state index in [2.05, 4.69) is 5.92 Å². The summed E-state index contributed by atoms with van der Waals surface area (Å²) in [5.41, 5.74) is 0.930. The van der Waals surface area contributed by atoms with Gasteiger partial charge in [0.1, 0.15) is 5.75 Å². The summed E-state index contributed by atoms with van der Waals surface area (Å²) in [7, 11) is 1.65. The smallest absolute Gasteiger partial charge is 0.298 e. The van der Waals surface area contributed by atoms with Crippen molar-refractivity contribution in [3.63, 3.8) is 0 Å². The molecule has 1 atom stereocenters. The molecule has 1 aromatic rings. The summed E-state index contributed by atoms with van der Waals surface area (Å²) in [6, 6.07) is 6.59. The first-order chi connectivity index (χ1) is 7.06. The van der Waals surface area contributed by atoms with E-state index in [0.29, 0.717) is 0 Å². The Hall–Kier alpha value is -1.95. The van der Waals surface area contributed by atoms with Crippen LogP contribution >= 0.6 is 0 Å². The molecule has 0 aliphatic heterocycles. The van der Waals surface area contributed by atoms with Gasteiger partial charge in [-0.3, -0.25) is 4.79 Å². The second-order valence-corrected chi connectivity index (χ2v) is 3.33. The molecule has 1 unspecified atom stereocenters. The molecule has 0 aromatic heterocycles. The number of aromatic hydroxyl groups is 1. The van der Waals surface area contributed by atoms with Crippen molar-refractivity contribution in [2.24, 2.45) is 0 Å². The number of phenols is 1. The van der Waals surface area contributed by atoms with Gasteiger partial charge in [0.05, 0.1) is 6.04 Å². The Morgan fingerprint density at radius 3 is 2.47 bits per heavy atom. The van der Waals surface area contributed by atoms with Gasteiger partial charge in [0.15, 0.2) is 0 Å². The molecule has 0 radical (unpaired) electrons. The van der Waals surface area contributed by atoms with Gasteiger partial charge in [-0.05, 0) is 30.5 Å². The second-order valence-electron chi connectivity index (χ2n) is 3.33. The van der Waals surface area contributed by atoms with Crippen molar-refractivity contribution in [2.45, 2.75) is 13.0 Å². The predicted octanol–water partition coefficient (Wildman–Crippen LogP) is 1.54. The van der Waals surface area contributed by atoms with Gasteiger partial charge < -0.3 is 10.0 Å². The van der Waals surface area contributed by atoms with Crippen LogP contribution in [-0.2, 0) is 4.79 Å². The van der Waals surface area contributed by atoms with Crippen molar-refractivity contribution < 1.29 is 9.90 Å². The molecule has 1 rings (SSSR count). The Labute approximate surface area is 89.3 Å². The largest absolute Gasteiger partial charge is 0.508 e. The third-order valence-corrected chi connectivity index (χ3v) is 2.40. The van der Waals surface area contributed by atoms with E-state index in [1.54, 1.807) is 31.3 Å². The fraction of sp³-hybridized carbons (Fsp3) is 0.250. The van der Waals surface area contributed by atoms with Crippen LogP contribution in [0.2, 0.25) is 0 Å². The SMILES string of the molecule is C#CC(=O)N(C)C(C)c1ccc(O)cc1. The lowest BCUT2D eigenvalue weighted by Gasteiger charge is -2.23. The topological polar surface area (TPSA) is 40.5 Å². The quantitative estimate of drug-likeness (QED) is 0.741. The average molecular weight is 203 g/mol. The zero-order chi connectivity index (χ0) is 11.4. The van der Waals surface area contributed by atoms with Crippen LogP contribution in [-0.4, -0.2) is 23.0 Å². The van der Waals surface area contributed by atoms with Crippen LogP contribution in [0.4, 0.5) is 0 Å². The number of phenolic OH excluding ortho intramolecular Hbond substituents is 1. The third-order valence-electron chi connectivity index (χ3n) is 2.40. The highest BCUT2D eigenvalue weighted by Crippen LogP contribution is 2.20. The lowest BCUT2D eigenvalue weighted by molar-refractivity contribution is -0.125. The first kappa shape index (κ1) is 11.1. The number of carbonyl (C=O) groups is 1. The van der Waals surface area contributed by atoms with Crippen LogP contribution in [0.15, 0.2) is 24.3 Å². The summed E-state index contributed by atoms with van der Waals surface area (Å²) in [6.45, 7) is 1.88. The fourth-order valence-electron chi connectivity index (χ4n) is 1.25. The number of nitrogens with zero attached hydrogens (tertiary/aromatic N) is 1. The standard InChI is InChI=1S/C12H13NO2/c1-4-12(15)13(3)9(2)10-5-7-11(14)8-6-10/h1,5-9,14H,2-3H3. The highest BCUT2D eigenvalue weighted by molar-refractivity contribution is 5.92. The van der Waals surface area contributed by atoms with E-state index in [-0.39, 0.29) is 17.7 Å². The van der Waals surface area contributed by atoms with Crippen molar-refractivity contribution >= 4 is 5.91 Å². The Balaban J connectivity index is 2.86. The highest BCUT2D eigenvalue weighted by atomic mass is 16.3. The number of hydrogen-bond donors (Lipinski definition) is 1. The van der Waals surface area contributed by atoms with E-state index in [9.17, 15) is 4.79 Å². The van der Waals surface area contributed by atoms with Crippen LogP contribution in [0.1, 0.15) is 18.5 Å². The normalized spacial score (nSPS) is 11.5. The van der Waals surface area contributed by atoms with Gasteiger partial charge >= 0.3 is 0 Å². The lowest BCUT2D eigenvalue weighted by atomic mass is 10.1. The van der Waals surface area contributed by atoms with E-state index in [4.69, 9.17) is 11.5 Å². The molecule has 78 valence electrons. The molecule has 0 bridgehead atoms. The lowest BCUT2D eigenvalue weighted by Crippen LogP contribution is -2.28. The number of amides is 1. The van der Waals surface area contributed by atoms with Crippen molar-refractivity contribution in [3.8, 4) is 18.1 Å². The van der Waals surface area contributed by atoms with Gasteiger partial charge in [0.25, 0.3) is 5.91 Å². The van der Waals surface area contributed by atoms with Gasteiger partial charge in [-0.1, -0.05) is 12.1 Å². The summed E-state index contributed by atoms with van der Waals surface area (Å²) in [5, 5.41) is 9.12. The van der Waals surface area contributed by atoms with Gasteiger partial charge in [0.2, 0.25) is 0 Å². The number of carbonyl (C=O) groups excluding carboxylic acids is 1. The number of benzene rings is 1. The minimum atomic E-state index is -0.351. The fourth-order valence-corrected chi connectivity index (χ4v) is 1.25. The van der Waals surface area contributed by atoms with Crippen LogP contribution in [0.5, 0.6) is 5.75 Å². The molecular formula is C12H13NO2. The van der Waals surface area contributed by atoms with Crippen molar-refractivity contribution in [2.75, 3.05) is 7.05 Å². The highest BCUT2D eigenvalue weighted by Gasteiger charge is 2.15. The van der Waals surface area contributed by atoms with Crippen molar-refractivity contribution in [3.05, 3.63) is 29.8 Å². The molecule has 1 amide bonds. The second kappa shape index (κ2) is 4.52. The summed E-state index contributed by atoms with van der Waals surface area (Å²) in [4.78, 5) is 12.7. The van der Waals surface area contributed by atoms with Crippen molar-refractivity contribution in [1.82, 2.24) is 4.90 Å². The van der Waals surface area contributed by atoms with Crippen LogP contribution < -0.4 is 0 Å². The Morgan fingerprint density at radius 2 is 2.00 bits per heavy atom. The maximum Gasteiger partial charge on any atom is 0.298 e. The van der Waals surface area contributed by atoms with E-state index in [1.165, 1.54) is 4.90 Å². The van der Waals surface area contributed by atoms with Gasteiger partial charge in [0, 0.05) is 7.05 Å². The predicted molar refractivity (Wildman–Crippen MR) is 58.1 cm³/mol. The molecule has 3 nitrogen and oxygen atoms in total. The van der Waals surface area contributed by atoms with Crippen LogP contribution in [0, 0.1) is 12.3 Å². The van der Waals surface area contributed by atoms with Gasteiger partial charge in [-0.25, -0.2) is 0 Å². The first-order valence-electron chi connectivity index (χ1n) is 4.58. The number of rotatable bonds is 2. The molecule has 0 heterocycles. The molecule has 0 saturated heterocycles. The Bertz CT molecular complexity index is 389. The summed E-state index contributed by atoms with van der Waals surface area (Å²) in [5.74, 6) is 1.92. The average Bonchev–Trinajstić information content (AvgIpc) is 2.27. The molecule has 0 aliphatic carbocycles. The summed E-state index contributed by atoms with van der Waals surface area (Å²) in [6.07, 6.45) is 5.03. The summed E-state index contributed by atoms with van der Waals surface area (Å²) < 4.78 is 0. The van der Waals surface area contributed by atoms with Crippen LogP contribution in [0.25, 0.3) is 0 Å². The minimum Gasteiger partial charge on any atom is -0.508 e. The molecule has 0 fully saturated rings. The van der Waals surface area contributed by atoms with Crippen molar-refractivity contribution in [1.29, 1.82) is 0 Å². The summed E-state index contributed by atoms with van der Waals surface area (Å²) >= 11 is 0. The molecule has 15 heavy (non-hydrogen) atoms. The molecule has 1 aromatic carbocycles. The number of terminal acetylenes is 1. The molecule has 3 heteroatoms. The van der Waals surface area contributed by atoms with Gasteiger partial charge in [-0.2, -0.15) is 0 Å². The third kappa shape index (κ3) is 2.50. The monoisotopic (exact) mass is 203 g/mol. The first-order valence-corrected chi connectivity index (χ1v) is 4.58. The Morgan fingerprint density at radius 1 is 1.47 bits per heavy atom. The zero-order valence-corrected chi connectivity index (χ0v) is 8.77. The van der Waals surface area contributed by atoms with E-state index < -0.39 is 0 Å². The molecule has 0 aliphatic rings. The van der Waals surface area contributed by atoms with E-state index in [0.717, 1.165) is 5.56 Å². The zero-order valence-electron chi connectivity index (χ0n) is 8.77. The molecular weight excluding hydrogens is 190 g/mol. The van der Waals surface area contributed by atoms with Gasteiger partial charge in [-0.15, -0.1) is 6.42 Å². The maximum absolute atomic E-state index is 11.2.